The molecule has 0 aliphatic heterocycles. The highest BCUT2D eigenvalue weighted by atomic mass is 35.5. The minimum Gasteiger partial charge on any atom is -0.493 e. The van der Waals surface area contributed by atoms with Crippen LogP contribution in [0.1, 0.15) is 16.8 Å². The molecule has 0 spiro atoms. The summed E-state index contributed by atoms with van der Waals surface area (Å²) in [5.41, 5.74) is 0.884. The Labute approximate surface area is 189 Å². The van der Waals surface area contributed by atoms with E-state index in [1.165, 1.54) is 18.9 Å². The van der Waals surface area contributed by atoms with Gasteiger partial charge in [0.25, 0.3) is 5.56 Å². The number of thioether (sulfide) groups is 1. The van der Waals surface area contributed by atoms with Gasteiger partial charge in [-0.3, -0.25) is 9.36 Å². The zero-order valence-corrected chi connectivity index (χ0v) is 18.9. The van der Waals surface area contributed by atoms with Gasteiger partial charge in [-0.1, -0.05) is 29.4 Å². The standard InChI is InChI=1S/C22H23ClN2O5S/c1-28-10-4-9-25-20(26)18-8-7-16(23)14-19(18)24-22(25)31-12-11-30-17-6-3-5-15(13-17)21(27)29-2/h3,5-8,13-14H,4,9-12H2,1-2H3. The van der Waals surface area contributed by atoms with Crippen LogP contribution in [-0.2, 0) is 16.0 Å². The van der Waals surface area contributed by atoms with Crippen LogP contribution < -0.4 is 10.3 Å². The molecule has 1 aromatic heterocycles. The number of rotatable bonds is 10. The number of aromatic nitrogens is 2. The molecule has 2 aromatic carbocycles. The molecule has 0 aliphatic carbocycles. The molecule has 0 unspecified atom stereocenters. The van der Waals surface area contributed by atoms with Crippen molar-refractivity contribution in [2.45, 2.75) is 18.1 Å². The fourth-order valence-electron chi connectivity index (χ4n) is 2.97. The van der Waals surface area contributed by atoms with Crippen molar-refractivity contribution in [3.63, 3.8) is 0 Å². The molecule has 164 valence electrons. The zero-order valence-electron chi connectivity index (χ0n) is 17.3. The van der Waals surface area contributed by atoms with Gasteiger partial charge in [0.05, 0.1) is 30.2 Å². The van der Waals surface area contributed by atoms with Gasteiger partial charge in [-0.05, 0) is 42.8 Å². The summed E-state index contributed by atoms with van der Waals surface area (Å²) in [5.74, 6) is 0.712. The van der Waals surface area contributed by atoms with Gasteiger partial charge in [0, 0.05) is 31.0 Å². The lowest BCUT2D eigenvalue weighted by Crippen LogP contribution is -2.24. The van der Waals surface area contributed by atoms with Crippen molar-refractivity contribution in [2.75, 3.05) is 33.2 Å². The van der Waals surface area contributed by atoms with Crippen LogP contribution in [0.25, 0.3) is 10.9 Å². The van der Waals surface area contributed by atoms with Crippen molar-refractivity contribution in [2.24, 2.45) is 0 Å². The maximum absolute atomic E-state index is 13.0. The minimum atomic E-state index is -0.418. The lowest BCUT2D eigenvalue weighted by atomic mass is 10.2. The Morgan fingerprint density at radius 3 is 2.77 bits per heavy atom. The Hall–Kier alpha value is -2.55. The molecule has 0 bridgehead atoms. The smallest absolute Gasteiger partial charge is 0.337 e. The summed E-state index contributed by atoms with van der Waals surface area (Å²) < 4.78 is 17.3. The average molecular weight is 463 g/mol. The summed E-state index contributed by atoms with van der Waals surface area (Å²) in [7, 11) is 2.97. The van der Waals surface area contributed by atoms with Gasteiger partial charge >= 0.3 is 5.97 Å². The average Bonchev–Trinajstić information content (AvgIpc) is 2.78. The fourth-order valence-corrected chi connectivity index (χ4v) is 3.98. The van der Waals surface area contributed by atoms with Gasteiger partial charge in [-0.25, -0.2) is 9.78 Å². The van der Waals surface area contributed by atoms with Crippen molar-refractivity contribution in [3.05, 3.63) is 63.4 Å². The zero-order chi connectivity index (χ0) is 22.2. The van der Waals surface area contributed by atoms with Crippen LogP contribution in [0.4, 0.5) is 0 Å². The Balaban J connectivity index is 1.73. The molecule has 0 saturated carbocycles. The van der Waals surface area contributed by atoms with Crippen LogP contribution in [0.5, 0.6) is 5.75 Å². The van der Waals surface area contributed by atoms with Crippen LogP contribution in [0.15, 0.2) is 52.4 Å². The Morgan fingerprint density at radius 2 is 2.00 bits per heavy atom. The third-order valence-corrected chi connectivity index (χ3v) is 5.63. The highest BCUT2D eigenvalue weighted by molar-refractivity contribution is 7.99. The molecule has 3 aromatic rings. The maximum Gasteiger partial charge on any atom is 0.337 e. The molecular formula is C22H23ClN2O5S. The number of carbonyl (C=O) groups excluding carboxylic acids is 1. The molecule has 0 N–H and O–H groups in total. The van der Waals surface area contributed by atoms with E-state index in [2.05, 4.69) is 4.98 Å². The molecule has 7 nitrogen and oxygen atoms in total. The second-order valence-corrected chi connectivity index (χ2v) is 8.07. The quantitative estimate of drug-likeness (QED) is 0.194. The highest BCUT2D eigenvalue weighted by Gasteiger charge is 2.12. The van der Waals surface area contributed by atoms with E-state index in [0.29, 0.717) is 64.3 Å². The SMILES string of the molecule is COCCCn1c(SCCOc2cccc(C(=O)OC)c2)nc2cc(Cl)ccc2c1=O. The van der Waals surface area contributed by atoms with Gasteiger partial charge in [-0.2, -0.15) is 0 Å². The first kappa shape index (κ1) is 23.1. The Morgan fingerprint density at radius 1 is 1.16 bits per heavy atom. The number of benzene rings is 2. The summed E-state index contributed by atoms with van der Waals surface area (Å²) in [4.78, 5) is 29.3. The molecule has 9 heteroatoms. The van der Waals surface area contributed by atoms with E-state index in [1.807, 2.05) is 0 Å². The van der Waals surface area contributed by atoms with Crippen LogP contribution in [0, 0.1) is 0 Å². The number of hydrogen-bond acceptors (Lipinski definition) is 7. The normalized spacial score (nSPS) is 10.9. The van der Waals surface area contributed by atoms with E-state index >= 15 is 0 Å². The van der Waals surface area contributed by atoms with Crippen LogP contribution in [-0.4, -0.2) is 48.7 Å². The van der Waals surface area contributed by atoms with Gasteiger partial charge in [-0.15, -0.1) is 0 Å². The maximum atomic E-state index is 13.0. The van der Waals surface area contributed by atoms with Crippen LogP contribution >= 0.6 is 23.4 Å². The molecule has 0 amide bonds. The summed E-state index contributed by atoms with van der Waals surface area (Å²) in [6.45, 7) is 1.42. The molecule has 31 heavy (non-hydrogen) atoms. The molecule has 1 heterocycles. The molecule has 0 aliphatic rings. The molecular weight excluding hydrogens is 440 g/mol. The van der Waals surface area contributed by atoms with E-state index in [-0.39, 0.29) is 5.56 Å². The van der Waals surface area contributed by atoms with Gasteiger partial charge in [0.2, 0.25) is 0 Å². The van der Waals surface area contributed by atoms with Crippen LogP contribution in [0.3, 0.4) is 0 Å². The number of carbonyl (C=O) groups is 1. The van der Waals surface area contributed by atoms with Crippen molar-refractivity contribution >= 4 is 40.2 Å². The number of halogens is 1. The molecule has 0 fully saturated rings. The van der Waals surface area contributed by atoms with Crippen molar-refractivity contribution < 1.29 is 19.0 Å². The molecule has 0 saturated heterocycles. The lowest BCUT2D eigenvalue weighted by Gasteiger charge is -2.13. The van der Waals surface area contributed by atoms with Gasteiger partial charge in [0.15, 0.2) is 5.16 Å². The van der Waals surface area contributed by atoms with E-state index in [9.17, 15) is 9.59 Å². The second-order valence-electron chi connectivity index (χ2n) is 6.58. The Kier molecular flexibility index (Phi) is 8.34. The second kappa shape index (κ2) is 11.2. The summed E-state index contributed by atoms with van der Waals surface area (Å²) in [6.07, 6.45) is 0.696. The number of esters is 1. The topological polar surface area (TPSA) is 79.7 Å². The third-order valence-electron chi connectivity index (χ3n) is 4.45. The first-order valence-corrected chi connectivity index (χ1v) is 11.0. The van der Waals surface area contributed by atoms with E-state index in [1.54, 1.807) is 54.1 Å². The molecule has 3 rings (SSSR count). The highest BCUT2D eigenvalue weighted by Crippen LogP contribution is 2.21. The van der Waals surface area contributed by atoms with Gasteiger partial charge < -0.3 is 14.2 Å². The third kappa shape index (κ3) is 6.00. The van der Waals surface area contributed by atoms with Crippen molar-refractivity contribution in [1.29, 1.82) is 0 Å². The fraction of sp³-hybridized carbons (Fsp3) is 0.318. The number of ether oxygens (including phenoxy) is 3. The first-order valence-electron chi connectivity index (χ1n) is 9.66. The Bertz CT molecular complexity index is 1120. The lowest BCUT2D eigenvalue weighted by molar-refractivity contribution is 0.0600. The van der Waals surface area contributed by atoms with E-state index in [0.717, 1.165) is 0 Å². The van der Waals surface area contributed by atoms with Crippen molar-refractivity contribution in [1.82, 2.24) is 9.55 Å². The number of nitrogens with zero attached hydrogens (tertiary/aromatic N) is 2. The number of hydrogen-bond donors (Lipinski definition) is 0. The predicted octanol–water partition coefficient (Wildman–Crippen LogP) is 4.04. The first-order chi connectivity index (χ1) is 15.0. The number of fused-ring (bicyclic) bond motifs is 1. The summed E-state index contributed by atoms with van der Waals surface area (Å²) in [6, 6.07) is 11.9. The summed E-state index contributed by atoms with van der Waals surface area (Å²) >= 11 is 7.51. The summed E-state index contributed by atoms with van der Waals surface area (Å²) in [5, 5.41) is 1.66. The molecule has 0 radical (unpaired) electrons. The van der Waals surface area contributed by atoms with E-state index in [4.69, 9.17) is 25.8 Å². The van der Waals surface area contributed by atoms with Crippen LogP contribution in [0.2, 0.25) is 5.02 Å². The van der Waals surface area contributed by atoms with Crippen molar-refractivity contribution in [3.8, 4) is 5.75 Å². The van der Waals surface area contributed by atoms with Gasteiger partial charge in [0.1, 0.15) is 5.75 Å². The number of methoxy groups -OCH3 is 2. The largest absolute Gasteiger partial charge is 0.493 e. The predicted molar refractivity (Wildman–Crippen MR) is 122 cm³/mol. The molecule has 0 atom stereocenters. The monoisotopic (exact) mass is 462 g/mol. The minimum absolute atomic E-state index is 0.105. The van der Waals surface area contributed by atoms with E-state index < -0.39 is 5.97 Å².